The van der Waals surface area contributed by atoms with Crippen LogP contribution in [0.3, 0.4) is 0 Å². The molecular weight excluding hydrogens is 442 g/mol. The highest BCUT2D eigenvalue weighted by Gasteiger charge is 2.21. The van der Waals surface area contributed by atoms with Crippen molar-refractivity contribution in [1.29, 1.82) is 0 Å². The highest BCUT2D eigenvalue weighted by molar-refractivity contribution is 14.1. The predicted octanol–water partition coefficient (Wildman–Crippen LogP) is 4.40. The van der Waals surface area contributed by atoms with Crippen LogP contribution in [0.4, 0.5) is 0 Å². The Hall–Kier alpha value is -0.110. The second kappa shape index (κ2) is 6.56. The molecule has 3 nitrogen and oxygen atoms in total. The molecule has 0 aliphatic carbocycles. The number of aromatic nitrogens is 2. The molecule has 0 saturated carbocycles. The maximum Gasteiger partial charge on any atom is 0.123 e. The molecule has 1 aromatic heterocycles. The minimum atomic E-state index is -0.742. The van der Waals surface area contributed by atoms with Gasteiger partial charge in [0.1, 0.15) is 6.10 Å². The molecule has 1 atom stereocenters. The van der Waals surface area contributed by atoms with Crippen LogP contribution >= 0.6 is 50.1 Å². The van der Waals surface area contributed by atoms with Crippen LogP contribution in [0, 0.1) is 3.57 Å². The SMILES string of the molecule is CCCn1ncc(Br)c1C(O)c1cc(Cl)ccc1I. The molecule has 0 saturated heterocycles. The van der Waals surface area contributed by atoms with Crippen molar-refractivity contribution in [3.63, 3.8) is 0 Å². The summed E-state index contributed by atoms with van der Waals surface area (Å²) < 4.78 is 3.61. The number of benzene rings is 1. The topological polar surface area (TPSA) is 38.0 Å². The summed E-state index contributed by atoms with van der Waals surface area (Å²) in [4.78, 5) is 0. The van der Waals surface area contributed by atoms with Gasteiger partial charge in [-0.05, 0) is 63.1 Å². The molecule has 0 radical (unpaired) electrons. The summed E-state index contributed by atoms with van der Waals surface area (Å²) in [6, 6.07) is 5.51. The molecule has 0 fully saturated rings. The zero-order valence-corrected chi connectivity index (χ0v) is 14.8. The third kappa shape index (κ3) is 3.32. The molecule has 0 amide bonds. The zero-order valence-electron chi connectivity index (χ0n) is 10.3. The predicted molar refractivity (Wildman–Crippen MR) is 88.4 cm³/mol. The van der Waals surface area contributed by atoms with E-state index in [-0.39, 0.29) is 0 Å². The number of aliphatic hydroxyl groups is 1. The van der Waals surface area contributed by atoms with Gasteiger partial charge in [-0.15, -0.1) is 0 Å². The van der Waals surface area contributed by atoms with Crippen LogP contribution in [0.1, 0.15) is 30.7 Å². The van der Waals surface area contributed by atoms with Gasteiger partial charge in [-0.3, -0.25) is 4.68 Å². The number of aryl methyl sites for hydroxylation is 1. The molecular formula is C13H13BrClIN2O. The standard InChI is InChI=1S/C13H13BrClIN2O/c1-2-5-18-12(10(14)7-17-18)13(19)9-6-8(15)3-4-11(9)16/h3-4,6-7,13,19H,2,5H2,1H3. The van der Waals surface area contributed by atoms with E-state index < -0.39 is 6.10 Å². The van der Waals surface area contributed by atoms with E-state index in [0.29, 0.717) is 5.02 Å². The van der Waals surface area contributed by atoms with E-state index in [9.17, 15) is 5.11 Å². The summed E-state index contributed by atoms with van der Waals surface area (Å²) in [6.07, 6.45) is 1.93. The van der Waals surface area contributed by atoms with E-state index in [4.69, 9.17) is 11.6 Å². The Morgan fingerprint density at radius 3 is 2.95 bits per heavy atom. The fraction of sp³-hybridized carbons (Fsp3) is 0.308. The molecule has 2 rings (SSSR count). The number of rotatable bonds is 4. The third-order valence-corrected chi connectivity index (χ3v) is 4.61. The van der Waals surface area contributed by atoms with Gasteiger partial charge in [0, 0.05) is 20.7 Å². The Bertz CT molecular complexity index is 588. The van der Waals surface area contributed by atoms with Crippen molar-refractivity contribution in [2.75, 3.05) is 0 Å². The second-order valence-corrected chi connectivity index (χ2v) is 6.62. The van der Waals surface area contributed by atoms with Crippen molar-refractivity contribution in [2.24, 2.45) is 0 Å². The maximum atomic E-state index is 10.6. The number of halogens is 3. The van der Waals surface area contributed by atoms with Crippen LogP contribution in [0.2, 0.25) is 5.02 Å². The second-order valence-electron chi connectivity index (χ2n) is 4.17. The van der Waals surface area contributed by atoms with Gasteiger partial charge >= 0.3 is 0 Å². The molecule has 0 bridgehead atoms. The zero-order chi connectivity index (χ0) is 14.0. The monoisotopic (exact) mass is 454 g/mol. The molecule has 1 heterocycles. The van der Waals surface area contributed by atoms with Crippen molar-refractivity contribution >= 4 is 50.1 Å². The first kappa shape index (κ1) is 15.3. The summed E-state index contributed by atoms with van der Waals surface area (Å²) in [7, 11) is 0. The normalized spacial score (nSPS) is 12.7. The Labute approximate surface area is 139 Å². The van der Waals surface area contributed by atoms with Crippen molar-refractivity contribution in [3.8, 4) is 0 Å². The Balaban J connectivity index is 2.46. The smallest absolute Gasteiger partial charge is 0.123 e. The van der Waals surface area contributed by atoms with Gasteiger partial charge < -0.3 is 5.11 Å². The van der Waals surface area contributed by atoms with E-state index in [1.54, 1.807) is 12.3 Å². The minimum Gasteiger partial charge on any atom is -0.382 e. The van der Waals surface area contributed by atoms with Crippen molar-refractivity contribution in [2.45, 2.75) is 26.0 Å². The molecule has 1 unspecified atom stereocenters. The van der Waals surface area contributed by atoms with Crippen LogP contribution in [0.25, 0.3) is 0 Å². The number of hydrogen-bond acceptors (Lipinski definition) is 2. The highest BCUT2D eigenvalue weighted by Crippen LogP contribution is 2.32. The Kier molecular flexibility index (Phi) is 5.28. The van der Waals surface area contributed by atoms with Crippen molar-refractivity contribution in [3.05, 3.63) is 48.7 Å². The van der Waals surface area contributed by atoms with Gasteiger partial charge in [0.05, 0.1) is 16.4 Å². The number of aliphatic hydroxyl groups excluding tert-OH is 1. The minimum absolute atomic E-state index is 0.618. The average Bonchev–Trinajstić information content (AvgIpc) is 2.73. The first-order chi connectivity index (χ1) is 9.04. The third-order valence-electron chi connectivity index (χ3n) is 2.78. The fourth-order valence-corrected chi connectivity index (χ4v) is 3.23. The van der Waals surface area contributed by atoms with Gasteiger partial charge in [0.15, 0.2) is 0 Å². The molecule has 0 aliphatic rings. The summed E-state index contributed by atoms with van der Waals surface area (Å²) >= 11 is 11.7. The average molecular weight is 456 g/mol. The van der Waals surface area contributed by atoms with Crippen LogP contribution in [-0.4, -0.2) is 14.9 Å². The lowest BCUT2D eigenvalue weighted by Crippen LogP contribution is -2.11. The van der Waals surface area contributed by atoms with E-state index >= 15 is 0 Å². The summed E-state index contributed by atoms with van der Waals surface area (Å²) in [5.41, 5.74) is 1.56. The van der Waals surface area contributed by atoms with Crippen molar-refractivity contribution < 1.29 is 5.11 Å². The first-order valence-corrected chi connectivity index (χ1v) is 8.13. The molecule has 1 N–H and O–H groups in total. The summed E-state index contributed by atoms with van der Waals surface area (Å²) in [5.74, 6) is 0. The number of nitrogens with zero attached hydrogens (tertiary/aromatic N) is 2. The molecule has 102 valence electrons. The van der Waals surface area contributed by atoms with Crippen LogP contribution in [-0.2, 0) is 6.54 Å². The molecule has 19 heavy (non-hydrogen) atoms. The van der Waals surface area contributed by atoms with E-state index in [2.05, 4.69) is 50.5 Å². The molecule has 0 spiro atoms. The Morgan fingerprint density at radius 1 is 1.53 bits per heavy atom. The van der Waals surface area contributed by atoms with Gasteiger partial charge in [-0.2, -0.15) is 5.10 Å². The van der Waals surface area contributed by atoms with E-state index in [1.165, 1.54) is 0 Å². The van der Waals surface area contributed by atoms with Gasteiger partial charge in [-0.25, -0.2) is 0 Å². The quantitative estimate of drug-likeness (QED) is 0.695. The molecule has 2 aromatic rings. The molecule has 6 heteroatoms. The molecule has 1 aromatic carbocycles. The van der Waals surface area contributed by atoms with Gasteiger partial charge in [0.2, 0.25) is 0 Å². The van der Waals surface area contributed by atoms with E-state index in [0.717, 1.165) is 32.3 Å². The van der Waals surface area contributed by atoms with Gasteiger partial charge in [0.25, 0.3) is 0 Å². The van der Waals surface area contributed by atoms with Gasteiger partial charge in [-0.1, -0.05) is 18.5 Å². The van der Waals surface area contributed by atoms with Crippen LogP contribution < -0.4 is 0 Å². The largest absolute Gasteiger partial charge is 0.382 e. The van der Waals surface area contributed by atoms with E-state index in [1.807, 2.05) is 16.8 Å². The fourth-order valence-electron chi connectivity index (χ4n) is 1.91. The highest BCUT2D eigenvalue weighted by atomic mass is 127. The lowest BCUT2D eigenvalue weighted by Gasteiger charge is -2.16. The lowest BCUT2D eigenvalue weighted by atomic mass is 10.1. The summed E-state index contributed by atoms with van der Waals surface area (Å²) in [5, 5.41) is 15.5. The first-order valence-electron chi connectivity index (χ1n) is 5.88. The maximum absolute atomic E-state index is 10.6. The van der Waals surface area contributed by atoms with Crippen LogP contribution in [0.15, 0.2) is 28.9 Å². The number of hydrogen-bond donors (Lipinski definition) is 1. The van der Waals surface area contributed by atoms with Crippen molar-refractivity contribution in [1.82, 2.24) is 9.78 Å². The lowest BCUT2D eigenvalue weighted by molar-refractivity contribution is 0.205. The Morgan fingerprint density at radius 2 is 2.26 bits per heavy atom. The van der Waals surface area contributed by atoms with Crippen LogP contribution in [0.5, 0.6) is 0 Å². The summed E-state index contributed by atoms with van der Waals surface area (Å²) in [6.45, 7) is 2.85. The molecule has 0 aliphatic heterocycles.